The number of hydrogen-bond donors (Lipinski definition) is 1. The molecule has 0 aliphatic carbocycles. The second-order valence-electron chi connectivity index (χ2n) is 4.95. The number of anilines is 1. The monoisotopic (exact) mass is 249 g/mol. The lowest BCUT2D eigenvalue weighted by Gasteiger charge is -2.21. The summed E-state index contributed by atoms with van der Waals surface area (Å²) in [6.45, 7) is 4.56. The van der Waals surface area contributed by atoms with E-state index in [-0.39, 0.29) is 0 Å². The lowest BCUT2D eigenvalue weighted by atomic mass is 9.95. The second-order valence-corrected chi connectivity index (χ2v) is 4.95. The first-order valence-corrected chi connectivity index (χ1v) is 6.64. The van der Waals surface area contributed by atoms with Crippen molar-refractivity contribution in [2.75, 3.05) is 11.9 Å². The van der Waals surface area contributed by atoms with Gasteiger partial charge in [0.2, 0.25) is 5.88 Å². The first-order chi connectivity index (χ1) is 8.78. The molecule has 1 aromatic heterocycles. The maximum Gasteiger partial charge on any atom is 0.221 e. The fourth-order valence-corrected chi connectivity index (χ4v) is 2.83. The van der Waals surface area contributed by atoms with Crippen molar-refractivity contribution in [3.8, 4) is 5.88 Å². The Hall–Kier alpha value is -1.36. The van der Waals surface area contributed by atoms with Crippen LogP contribution in [0.5, 0.6) is 5.88 Å². The summed E-state index contributed by atoms with van der Waals surface area (Å²) in [5.74, 6) is 1.54. The van der Waals surface area contributed by atoms with Gasteiger partial charge in [-0.05, 0) is 33.1 Å². The summed E-state index contributed by atoms with van der Waals surface area (Å²) in [5.41, 5.74) is 0.974. The van der Waals surface area contributed by atoms with Crippen LogP contribution in [-0.2, 0) is 4.74 Å². The quantitative estimate of drug-likeness (QED) is 0.883. The number of rotatable bonds is 4. The van der Waals surface area contributed by atoms with Crippen LogP contribution in [-0.4, -0.2) is 34.8 Å². The van der Waals surface area contributed by atoms with Crippen molar-refractivity contribution in [3.63, 3.8) is 0 Å². The highest BCUT2D eigenvalue weighted by molar-refractivity contribution is 5.48. The summed E-state index contributed by atoms with van der Waals surface area (Å²) in [6, 6.07) is 0.381. The van der Waals surface area contributed by atoms with Gasteiger partial charge >= 0.3 is 0 Å². The number of hydrogen-bond acceptors (Lipinski definition) is 5. The van der Waals surface area contributed by atoms with Gasteiger partial charge in [-0.1, -0.05) is 0 Å². The average Bonchev–Trinajstić information content (AvgIpc) is 2.96. The molecular formula is C13H19N3O2. The molecule has 2 saturated heterocycles. The summed E-state index contributed by atoms with van der Waals surface area (Å²) in [7, 11) is 0. The van der Waals surface area contributed by atoms with Crippen LogP contribution in [0.4, 0.5) is 5.82 Å². The van der Waals surface area contributed by atoms with Gasteiger partial charge in [0.05, 0.1) is 30.4 Å². The third kappa shape index (κ3) is 2.03. The molecular weight excluding hydrogens is 230 g/mol. The third-order valence-electron chi connectivity index (χ3n) is 3.75. The van der Waals surface area contributed by atoms with Crippen molar-refractivity contribution >= 4 is 5.82 Å². The van der Waals surface area contributed by atoms with Crippen molar-refractivity contribution in [2.45, 2.75) is 51.4 Å². The number of fused-ring (bicyclic) bond motifs is 2. The first-order valence-electron chi connectivity index (χ1n) is 6.64. The van der Waals surface area contributed by atoms with Gasteiger partial charge < -0.3 is 14.8 Å². The standard InChI is InChI=1S/C13H19N3O2/c1-3-17-13-8(2)12(14-7-15-13)16-10-6-9-4-5-11(10)18-9/h7,9-11H,3-6H2,1-2H3,(H,14,15,16). The Kier molecular flexibility index (Phi) is 3.07. The van der Waals surface area contributed by atoms with Gasteiger partial charge in [0.25, 0.3) is 0 Å². The van der Waals surface area contributed by atoms with E-state index in [0.717, 1.165) is 24.2 Å². The maximum absolute atomic E-state index is 5.84. The zero-order chi connectivity index (χ0) is 12.5. The van der Waals surface area contributed by atoms with Crippen molar-refractivity contribution in [1.82, 2.24) is 9.97 Å². The second kappa shape index (κ2) is 4.72. The van der Waals surface area contributed by atoms with E-state index in [1.807, 2.05) is 13.8 Å². The summed E-state index contributed by atoms with van der Waals surface area (Å²) in [4.78, 5) is 8.46. The molecule has 2 aliphatic rings. The van der Waals surface area contributed by atoms with E-state index in [1.54, 1.807) is 6.33 Å². The molecule has 98 valence electrons. The molecule has 3 rings (SSSR count). The highest BCUT2D eigenvalue weighted by Crippen LogP contribution is 2.36. The van der Waals surface area contributed by atoms with Gasteiger partial charge in [0, 0.05) is 0 Å². The van der Waals surface area contributed by atoms with E-state index in [1.165, 1.54) is 6.42 Å². The minimum atomic E-state index is 0.347. The average molecular weight is 249 g/mol. The fraction of sp³-hybridized carbons (Fsp3) is 0.692. The number of nitrogens with zero attached hydrogens (tertiary/aromatic N) is 2. The summed E-state index contributed by atoms with van der Waals surface area (Å²) in [5, 5.41) is 3.48. The van der Waals surface area contributed by atoms with Gasteiger partial charge in [-0.2, -0.15) is 0 Å². The van der Waals surface area contributed by atoms with Gasteiger partial charge in [-0.3, -0.25) is 0 Å². The van der Waals surface area contributed by atoms with Crippen LogP contribution in [0.1, 0.15) is 31.7 Å². The Morgan fingerprint density at radius 1 is 1.44 bits per heavy atom. The molecule has 0 saturated carbocycles. The SMILES string of the molecule is CCOc1ncnc(NC2CC3CCC2O3)c1C. The molecule has 3 unspecified atom stereocenters. The summed E-state index contributed by atoms with van der Waals surface area (Å²) in [6.07, 6.45) is 5.79. The van der Waals surface area contributed by atoms with Crippen LogP contribution in [0.3, 0.4) is 0 Å². The smallest absolute Gasteiger partial charge is 0.221 e. The largest absolute Gasteiger partial charge is 0.478 e. The van der Waals surface area contributed by atoms with Crippen LogP contribution in [0, 0.1) is 6.92 Å². The van der Waals surface area contributed by atoms with E-state index in [0.29, 0.717) is 30.7 Å². The third-order valence-corrected chi connectivity index (χ3v) is 3.75. The minimum absolute atomic E-state index is 0.347. The predicted octanol–water partition coefficient (Wildman–Crippen LogP) is 1.92. The Morgan fingerprint density at radius 2 is 2.33 bits per heavy atom. The topological polar surface area (TPSA) is 56.3 Å². The molecule has 3 atom stereocenters. The van der Waals surface area contributed by atoms with Gasteiger partial charge in [-0.25, -0.2) is 9.97 Å². The molecule has 18 heavy (non-hydrogen) atoms. The van der Waals surface area contributed by atoms with Crippen LogP contribution in [0.2, 0.25) is 0 Å². The molecule has 0 amide bonds. The highest BCUT2D eigenvalue weighted by Gasteiger charge is 2.41. The van der Waals surface area contributed by atoms with Crippen LogP contribution in [0.25, 0.3) is 0 Å². The predicted molar refractivity (Wildman–Crippen MR) is 67.9 cm³/mol. The van der Waals surface area contributed by atoms with E-state index in [9.17, 15) is 0 Å². The molecule has 2 aliphatic heterocycles. The normalized spacial score (nSPS) is 29.6. The maximum atomic E-state index is 5.84. The Labute approximate surface area is 107 Å². The van der Waals surface area contributed by atoms with Crippen LogP contribution in [0.15, 0.2) is 6.33 Å². The van der Waals surface area contributed by atoms with E-state index in [4.69, 9.17) is 9.47 Å². The van der Waals surface area contributed by atoms with Crippen LogP contribution < -0.4 is 10.1 Å². The van der Waals surface area contributed by atoms with Gasteiger partial charge in [0.15, 0.2) is 0 Å². The first kappa shape index (κ1) is 11.7. The molecule has 2 fully saturated rings. The molecule has 2 bridgehead atoms. The molecule has 0 aromatic carbocycles. The molecule has 5 nitrogen and oxygen atoms in total. The number of nitrogens with one attached hydrogen (secondary N) is 1. The zero-order valence-electron chi connectivity index (χ0n) is 10.8. The molecule has 0 spiro atoms. The molecule has 1 aromatic rings. The van der Waals surface area contributed by atoms with Crippen molar-refractivity contribution in [3.05, 3.63) is 11.9 Å². The van der Waals surface area contributed by atoms with Crippen molar-refractivity contribution in [2.24, 2.45) is 0 Å². The molecule has 3 heterocycles. The molecule has 1 N–H and O–H groups in total. The van der Waals surface area contributed by atoms with Gasteiger partial charge in [0.1, 0.15) is 12.1 Å². The Bertz CT molecular complexity index is 438. The van der Waals surface area contributed by atoms with E-state index >= 15 is 0 Å². The Balaban J connectivity index is 1.74. The van der Waals surface area contributed by atoms with Crippen molar-refractivity contribution in [1.29, 1.82) is 0 Å². The fourth-order valence-electron chi connectivity index (χ4n) is 2.83. The van der Waals surface area contributed by atoms with Crippen molar-refractivity contribution < 1.29 is 9.47 Å². The number of aromatic nitrogens is 2. The van der Waals surface area contributed by atoms with Crippen LogP contribution >= 0.6 is 0 Å². The summed E-state index contributed by atoms with van der Waals surface area (Å²) < 4.78 is 11.3. The summed E-state index contributed by atoms with van der Waals surface area (Å²) >= 11 is 0. The molecule has 0 radical (unpaired) electrons. The lowest BCUT2D eigenvalue weighted by molar-refractivity contribution is 0.102. The number of ether oxygens (including phenoxy) is 2. The van der Waals surface area contributed by atoms with Gasteiger partial charge in [-0.15, -0.1) is 0 Å². The Morgan fingerprint density at radius 3 is 3.00 bits per heavy atom. The van der Waals surface area contributed by atoms with E-state index < -0.39 is 0 Å². The zero-order valence-corrected chi connectivity index (χ0v) is 10.8. The molecule has 5 heteroatoms. The van der Waals surface area contributed by atoms with E-state index in [2.05, 4.69) is 15.3 Å². The lowest BCUT2D eigenvalue weighted by Crippen LogP contribution is -2.31. The highest BCUT2D eigenvalue weighted by atomic mass is 16.5. The minimum Gasteiger partial charge on any atom is -0.478 e.